The summed E-state index contributed by atoms with van der Waals surface area (Å²) in [5, 5.41) is 13.2. The molecule has 216 valence electrons. The number of carbonyl (C=O) groups is 1. The Labute approximate surface area is 254 Å². The van der Waals surface area contributed by atoms with Crippen LogP contribution < -0.4 is 9.47 Å². The number of esters is 1. The molecule has 0 radical (unpaired) electrons. The molecular formula is C33H31ClN2O5S. The zero-order valence-electron chi connectivity index (χ0n) is 23.4. The molecule has 4 aromatic rings. The smallest absolute Gasteiger partial charge is 0.344 e. The highest BCUT2D eigenvalue weighted by molar-refractivity contribution is 8.18. The van der Waals surface area contributed by atoms with Crippen molar-refractivity contribution in [2.24, 2.45) is 4.99 Å². The lowest BCUT2D eigenvalue weighted by Gasteiger charge is -2.09. The van der Waals surface area contributed by atoms with E-state index in [4.69, 9.17) is 25.8 Å². The van der Waals surface area contributed by atoms with Crippen LogP contribution >= 0.6 is 23.4 Å². The van der Waals surface area contributed by atoms with Crippen molar-refractivity contribution in [3.05, 3.63) is 106 Å². The zero-order chi connectivity index (χ0) is 29.5. The number of hydrogen-bond acceptors (Lipinski definition) is 7. The lowest BCUT2D eigenvalue weighted by molar-refractivity contribution is -0.138. The van der Waals surface area contributed by atoms with Crippen LogP contribution in [-0.4, -0.2) is 40.5 Å². The van der Waals surface area contributed by atoms with Gasteiger partial charge < -0.3 is 23.9 Å². The first-order chi connectivity index (χ1) is 20.5. The van der Waals surface area contributed by atoms with Crippen LogP contribution in [0.2, 0.25) is 5.02 Å². The van der Waals surface area contributed by atoms with E-state index in [-0.39, 0.29) is 17.9 Å². The lowest BCUT2D eigenvalue weighted by atomic mass is 10.1. The van der Waals surface area contributed by atoms with Crippen LogP contribution in [0.15, 0.2) is 100 Å². The number of halogens is 1. The Morgan fingerprint density at radius 1 is 1.00 bits per heavy atom. The molecule has 0 amide bonds. The number of nitrogens with zero attached hydrogens (tertiary/aromatic N) is 2. The second-order valence-corrected chi connectivity index (χ2v) is 10.8. The number of para-hydroxylation sites is 2. The number of aryl methyl sites for hydroxylation is 1. The molecule has 3 aromatic carbocycles. The van der Waals surface area contributed by atoms with Gasteiger partial charge in [-0.15, -0.1) is 0 Å². The predicted octanol–water partition coefficient (Wildman–Crippen LogP) is 8.36. The maximum absolute atomic E-state index is 12.9. The minimum Gasteiger partial charge on any atom is -0.506 e. The minimum absolute atomic E-state index is 0.0578. The summed E-state index contributed by atoms with van der Waals surface area (Å²) in [6, 6.07) is 22.8. The summed E-state index contributed by atoms with van der Waals surface area (Å²) in [7, 11) is 0. The molecule has 0 spiro atoms. The molecule has 0 aliphatic carbocycles. The Morgan fingerprint density at radius 3 is 2.52 bits per heavy atom. The summed E-state index contributed by atoms with van der Waals surface area (Å²) in [5.41, 5.74) is 2.66. The van der Waals surface area contributed by atoms with E-state index < -0.39 is 5.97 Å². The predicted molar refractivity (Wildman–Crippen MR) is 170 cm³/mol. The molecule has 42 heavy (non-hydrogen) atoms. The van der Waals surface area contributed by atoms with Gasteiger partial charge in [0.05, 0.1) is 35.4 Å². The normalized spacial score (nSPS) is 15.1. The van der Waals surface area contributed by atoms with E-state index in [1.807, 2.05) is 85.9 Å². The highest BCUT2D eigenvalue weighted by atomic mass is 35.5. The van der Waals surface area contributed by atoms with Gasteiger partial charge in [-0.1, -0.05) is 53.7 Å². The van der Waals surface area contributed by atoms with Crippen LogP contribution in [0.4, 0.5) is 5.69 Å². The van der Waals surface area contributed by atoms with Gasteiger partial charge in [0.15, 0.2) is 0 Å². The minimum atomic E-state index is -0.614. The number of hydrogen-bond donors (Lipinski definition) is 1. The molecule has 5 rings (SSSR count). The van der Waals surface area contributed by atoms with Crippen LogP contribution in [0.3, 0.4) is 0 Å². The number of aromatic nitrogens is 1. The van der Waals surface area contributed by atoms with Gasteiger partial charge >= 0.3 is 5.97 Å². The van der Waals surface area contributed by atoms with E-state index in [1.165, 1.54) is 11.8 Å². The quantitative estimate of drug-likeness (QED) is 0.137. The number of benzene rings is 3. The number of carbonyl (C=O) groups excluding carboxylic acids is 1. The van der Waals surface area contributed by atoms with Crippen molar-refractivity contribution >= 4 is 57.0 Å². The molecule has 1 aliphatic rings. The van der Waals surface area contributed by atoms with Crippen molar-refractivity contribution in [1.29, 1.82) is 0 Å². The molecule has 2 heterocycles. The number of thioether (sulfide) groups is 1. The number of fused-ring (bicyclic) bond motifs is 1. The topological polar surface area (TPSA) is 82.3 Å². The van der Waals surface area contributed by atoms with Crippen molar-refractivity contribution in [1.82, 2.24) is 4.57 Å². The van der Waals surface area contributed by atoms with Gasteiger partial charge in [0, 0.05) is 29.2 Å². The van der Waals surface area contributed by atoms with E-state index in [9.17, 15) is 9.90 Å². The SMILES string of the molecule is CCOC(=O)C1=C(O)/C(=C/c2cn(CCCOc3ccccc3Cl)c3ccccc23)SC1=Nc1ccc(OCC)cc1. The van der Waals surface area contributed by atoms with E-state index in [0.717, 1.165) is 35.2 Å². The number of aliphatic imine (C=N–C) groups is 1. The largest absolute Gasteiger partial charge is 0.506 e. The van der Waals surface area contributed by atoms with Crippen molar-refractivity contribution in [3.63, 3.8) is 0 Å². The molecule has 1 N–H and O–H groups in total. The average molecular weight is 603 g/mol. The van der Waals surface area contributed by atoms with Crippen LogP contribution in [0, 0.1) is 0 Å². The summed E-state index contributed by atoms with van der Waals surface area (Å²) < 4.78 is 18.8. The van der Waals surface area contributed by atoms with Gasteiger partial charge in [0.2, 0.25) is 0 Å². The first-order valence-corrected chi connectivity index (χ1v) is 14.9. The van der Waals surface area contributed by atoms with Crippen LogP contribution in [0.1, 0.15) is 25.8 Å². The lowest BCUT2D eigenvalue weighted by Crippen LogP contribution is -2.12. The van der Waals surface area contributed by atoms with Gasteiger partial charge in [-0.3, -0.25) is 0 Å². The molecule has 0 unspecified atom stereocenters. The third-order valence-corrected chi connectivity index (χ3v) is 7.82. The molecule has 0 saturated heterocycles. The van der Waals surface area contributed by atoms with Gasteiger partial charge in [-0.05, 0) is 68.8 Å². The summed E-state index contributed by atoms with van der Waals surface area (Å²) in [5.74, 6) is 0.643. The monoisotopic (exact) mass is 602 g/mol. The summed E-state index contributed by atoms with van der Waals surface area (Å²) >= 11 is 7.45. The Hall–Kier alpha value is -4.14. The number of ether oxygens (including phenoxy) is 3. The maximum atomic E-state index is 12.9. The van der Waals surface area contributed by atoms with Gasteiger partial charge in [-0.25, -0.2) is 9.79 Å². The molecule has 7 nitrogen and oxygen atoms in total. The Morgan fingerprint density at radius 2 is 1.76 bits per heavy atom. The van der Waals surface area contributed by atoms with E-state index in [0.29, 0.717) is 39.6 Å². The van der Waals surface area contributed by atoms with E-state index in [2.05, 4.69) is 15.6 Å². The molecule has 0 atom stereocenters. The Balaban J connectivity index is 1.41. The number of aliphatic hydroxyl groups is 1. The summed E-state index contributed by atoms with van der Waals surface area (Å²) in [6.45, 7) is 5.63. The second-order valence-electron chi connectivity index (χ2n) is 9.33. The van der Waals surface area contributed by atoms with Crippen molar-refractivity contribution < 1.29 is 24.1 Å². The van der Waals surface area contributed by atoms with Crippen molar-refractivity contribution in [2.75, 3.05) is 19.8 Å². The van der Waals surface area contributed by atoms with E-state index >= 15 is 0 Å². The average Bonchev–Trinajstić information content (AvgIpc) is 3.49. The summed E-state index contributed by atoms with van der Waals surface area (Å²) in [4.78, 5) is 18.1. The third-order valence-electron chi connectivity index (χ3n) is 6.49. The highest BCUT2D eigenvalue weighted by Crippen LogP contribution is 2.41. The van der Waals surface area contributed by atoms with Gasteiger partial charge in [0.1, 0.15) is 27.9 Å². The number of aliphatic hydroxyl groups excluding tert-OH is 1. The summed E-state index contributed by atoms with van der Waals surface area (Å²) in [6.07, 6.45) is 4.71. The second kappa shape index (κ2) is 13.7. The van der Waals surface area contributed by atoms with Crippen LogP contribution in [0.25, 0.3) is 17.0 Å². The molecule has 0 fully saturated rings. The standard InChI is InChI=1S/C33H31ClN2O5S/c1-3-39-24-16-14-23(15-17-24)35-32-30(33(38)40-4-2)31(37)29(42-32)20-22-21-36(27-12-7-5-10-25(22)27)18-9-19-41-28-13-8-6-11-26(28)34/h5-8,10-17,20-21,37H,3-4,9,18-19H2,1-2H3/b29-20-,35-32?. The number of rotatable bonds is 11. The molecule has 9 heteroatoms. The van der Waals surface area contributed by atoms with Gasteiger partial charge in [-0.2, -0.15) is 0 Å². The zero-order valence-corrected chi connectivity index (χ0v) is 25.0. The molecule has 1 aliphatic heterocycles. The Kier molecular flexibility index (Phi) is 9.56. The highest BCUT2D eigenvalue weighted by Gasteiger charge is 2.33. The van der Waals surface area contributed by atoms with E-state index in [1.54, 1.807) is 6.92 Å². The first kappa shape index (κ1) is 29.4. The first-order valence-electron chi connectivity index (χ1n) is 13.8. The third kappa shape index (κ3) is 6.66. The Bertz CT molecular complexity index is 1670. The maximum Gasteiger partial charge on any atom is 0.344 e. The molecular weight excluding hydrogens is 572 g/mol. The van der Waals surface area contributed by atoms with Crippen molar-refractivity contribution in [3.8, 4) is 11.5 Å². The van der Waals surface area contributed by atoms with Crippen LogP contribution in [0.5, 0.6) is 11.5 Å². The fourth-order valence-electron chi connectivity index (χ4n) is 4.59. The fraction of sp³-hybridized carbons (Fsp3) is 0.212. The molecule has 0 saturated carbocycles. The molecule has 1 aromatic heterocycles. The van der Waals surface area contributed by atoms with Crippen molar-refractivity contribution in [2.45, 2.75) is 26.8 Å². The van der Waals surface area contributed by atoms with Crippen LogP contribution in [-0.2, 0) is 16.1 Å². The molecule has 0 bridgehead atoms. The van der Waals surface area contributed by atoms with Gasteiger partial charge in [0.25, 0.3) is 0 Å². The fourth-order valence-corrected chi connectivity index (χ4v) is 5.80.